The third kappa shape index (κ3) is 8.06. The van der Waals surface area contributed by atoms with Crippen LogP contribution in [0.5, 0.6) is 0 Å². The smallest absolute Gasteiger partial charge is 0.260 e. The second kappa shape index (κ2) is 11.7. The number of hydrogen-bond donors (Lipinski definition) is 5. The molecule has 10 heteroatoms. The van der Waals surface area contributed by atoms with Gasteiger partial charge in [0.2, 0.25) is 5.91 Å². The zero-order valence-electron chi connectivity index (χ0n) is 16.0. The van der Waals surface area contributed by atoms with Crippen molar-refractivity contribution < 1.29 is 14.4 Å². The van der Waals surface area contributed by atoms with Crippen molar-refractivity contribution in [3.05, 3.63) is 70.7 Å². The molecule has 1 unspecified atom stereocenters. The molecule has 0 saturated carbocycles. The van der Waals surface area contributed by atoms with Crippen LogP contribution < -0.4 is 27.2 Å². The summed E-state index contributed by atoms with van der Waals surface area (Å²) in [5.41, 5.74) is 11.5. The maximum atomic E-state index is 12.5. The molecule has 3 amide bonds. The molecule has 30 heavy (non-hydrogen) atoms. The van der Waals surface area contributed by atoms with Gasteiger partial charge in [-0.1, -0.05) is 41.9 Å². The third-order valence-electron chi connectivity index (χ3n) is 4.00. The van der Waals surface area contributed by atoms with Crippen LogP contribution in [0.3, 0.4) is 0 Å². The average molecular weight is 448 g/mol. The molecule has 0 aromatic heterocycles. The number of carbonyl (C=O) groups excluding carboxylic acids is 3. The Bertz CT molecular complexity index is 893. The minimum Gasteiger partial charge on any atom is -0.370 e. The molecule has 0 radical (unpaired) electrons. The number of nitrogens with two attached hydrogens (primary N) is 1. The van der Waals surface area contributed by atoms with Gasteiger partial charge < -0.3 is 16.4 Å². The van der Waals surface area contributed by atoms with E-state index in [1.807, 2.05) is 30.3 Å². The Kier molecular flexibility index (Phi) is 9.04. The van der Waals surface area contributed by atoms with E-state index < -0.39 is 23.8 Å². The second-order valence-electron chi connectivity index (χ2n) is 6.32. The van der Waals surface area contributed by atoms with Crippen LogP contribution in [0.4, 0.5) is 0 Å². The second-order valence-corrected chi connectivity index (χ2v) is 7.17. The summed E-state index contributed by atoms with van der Waals surface area (Å²) in [5.74, 6) is -1.63. The summed E-state index contributed by atoms with van der Waals surface area (Å²) in [6, 6.07) is 14.8. The Morgan fingerprint density at radius 2 is 1.67 bits per heavy atom. The van der Waals surface area contributed by atoms with Gasteiger partial charge in [0.25, 0.3) is 11.8 Å². The summed E-state index contributed by atoms with van der Waals surface area (Å²) < 4.78 is 0. The fourth-order valence-corrected chi connectivity index (χ4v) is 2.68. The normalized spacial score (nSPS) is 11.1. The summed E-state index contributed by atoms with van der Waals surface area (Å²) in [5, 5.41) is 6.21. The number of amides is 3. The maximum absolute atomic E-state index is 12.5. The van der Waals surface area contributed by atoms with Crippen LogP contribution >= 0.6 is 23.8 Å². The number of benzene rings is 2. The fraction of sp³-hybridized carbons (Fsp3) is 0.200. The van der Waals surface area contributed by atoms with Crippen LogP contribution in [-0.2, 0) is 16.1 Å². The topological polar surface area (TPSA) is 125 Å². The molecule has 2 rings (SSSR count). The van der Waals surface area contributed by atoms with Crippen LogP contribution in [0.25, 0.3) is 0 Å². The van der Waals surface area contributed by atoms with Gasteiger partial charge in [-0.15, -0.1) is 0 Å². The minimum atomic E-state index is -0.995. The Labute approximate surface area is 184 Å². The molecule has 0 heterocycles. The molecule has 0 aliphatic carbocycles. The lowest BCUT2D eigenvalue weighted by Gasteiger charge is -2.19. The van der Waals surface area contributed by atoms with Crippen molar-refractivity contribution in [1.82, 2.24) is 21.5 Å². The predicted molar refractivity (Wildman–Crippen MR) is 118 cm³/mol. The molecule has 8 nitrogen and oxygen atoms in total. The SMILES string of the molecule is NC(=O)CCC(NC(=O)c1ccc(Cl)cc1)C(=O)NNC(=S)NCc1ccccc1. The molecular weight excluding hydrogens is 426 g/mol. The van der Waals surface area contributed by atoms with Gasteiger partial charge in [-0.2, -0.15) is 0 Å². The van der Waals surface area contributed by atoms with Crippen molar-refractivity contribution in [1.29, 1.82) is 0 Å². The molecule has 0 aliphatic heterocycles. The van der Waals surface area contributed by atoms with E-state index in [2.05, 4.69) is 21.5 Å². The number of hydrogen-bond acceptors (Lipinski definition) is 4. The van der Waals surface area contributed by atoms with E-state index in [1.165, 1.54) is 12.1 Å². The molecule has 2 aromatic carbocycles. The molecule has 6 N–H and O–H groups in total. The number of hydrazine groups is 1. The predicted octanol–water partition coefficient (Wildman–Crippen LogP) is 1.40. The summed E-state index contributed by atoms with van der Waals surface area (Å²) >= 11 is 10.9. The van der Waals surface area contributed by atoms with Crippen molar-refractivity contribution in [2.24, 2.45) is 5.73 Å². The van der Waals surface area contributed by atoms with Gasteiger partial charge in [-0.3, -0.25) is 25.2 Å². The number of carbonyl (C=O) groups is 3. The van der Waals surface area contributed by atoms with Gasteiger partial charge in [0.15, 0.2) is 5.11 Å². The number of halogens is 1. The lowest BCUT2D eigenvalue weighted by Crippen LogP contribution is -2.54. The van der Waals surface area contributed by atoms with Crippen molar-refractivity contribution in [3.8, 4) is 0 Å². The Morgan fingerprint density at radius 3 is 2.30 bits per heavy atom. The van der Waals surface area contributed by atoms with Crippen LogP contribution in [0.2, 0.25) is 5.02 Å². The summed E-state index contributed by atoms with van der Waals surface area (Å²) in [6.45, 7) is 0.473. The van der Waals surface area contributed by atoms with E-state index in [9.17, 15) is 14.4 Å². The van der Waals surface area contributed by atoms with E-state index in [1.54, 1.807) is 12.1 Å². The average Bonchev–Trinajstić information content (AvgIpc) is 2.74. The molecule has 2 aromatic rings. The highest BCUT2D eigenvalue weighted by atomic mass is 35.5. The lowest BCUT2D eigenvalue weighted by atomic mass is 10.1. The van der Waals surface area contributed by atoms with Gasteiger partial charge in [0.05, 0.1) is 0 Å². The van der Waals surface area contributed by atoms with E-state index in [0.717, 1.165) is 5.56 Å². The maximum Gasteiger partial charge on any atom is 0.260 e. The first-order chi connectivity index (χ1) is 14.3. The number of thiocarbonyl (C=S) groups is 1. The fourth-order valence-electron chi connectivity index (χ4n) is 2.43. The molecule has 0 aliphatic rings. The highest BCUT2D eigenvalue weighted by Gasteiger charge is 2.22. The molecule has 0 spiro atoms. The first kappa shape index (κ1) is 23.1. The van der Waals surface area contributed by atoms with E-state index in [-0.39, 0.29) is 18.0 Å². The molecule has 0 bridgehead atoms. The van der Waals surface area contributed by atoms with Crippen LogP contribution in [0, 0.1) is 0 Å². The van der Waals surface area contributed by atoms with Crippen LogP contribution in [-0.4, -0.2) is 28.9 Å². The summed E-state index contributed by atoms with van der Waals surface area (Å²) in [6.07, 6.45) is -0.0396. The van der Waals surface area contributed by atoms with Gasteiger partial charge >= 0.3 is 0 Å². The standard InChI is InChI=1S/C20H22ClN5O3S/c21-15-8-6-14(7-9-15)18(28)24-16(10-11-17(22)27)19(29)25-26-20(30)23-12-13-4-2-1-3-5-13/h1-9,16H,10-12H2,(H2,22,27)(H,24,28)(H,25,29)(H2,23,26,30). The van der Waals surface area contributed by atoms with E-state index >= 15 is 0 Å². The van der Waals surface area contributed by atoms with Gasteiger partial charge in [0, 0.05) is 23.6 Å². The van der Waals surface area contributed by atoms with Crippen molar-refractivity contribution in [2.45, 2.75) is 25.4 Å². The van der Waals surface area contributed by atoms with E-state index in [4.69, 9.17) is 29.6 Å². The Hall–Kier alpha value is -3.17. The van der Waals surface area contributed by atoms with Crippen molar-refractivity contribution >= 4 is 46.7 Å². The summed E-state index contributed by atoms with van der Waals surface area (Å²) in [7, 11) is 0. The highest BCUT2D eigenvalue weighted by molar-refractivity contribution is 7.80. The van der Waals surface area contributed by atoms with Gasteiger partial charge in [-0.05, 0) is 48.5 Å². The van der Waals surface area contributed by atoms with Crippen molar-refractivity contribution in [2.75, 3.05) is 0 Å². The first-order valence-corrected chi connectivity index (χ1v) is 9.86. The molecule has 158 valence electrons. The largest absolute Gasteiger partial charge is 0.370 e. The lowest BCUT2D eigenvalue weighted by molar-refractivity contribution is -0.124. The third-order valence-corrected chi connectivity index (χ3v) is 4.50. The zero-order chi connectivity index (χ0) is 21.9. The number of rotatable bonds is 8. The van der Waals surface area contributed by atoms with E-state index in [0.29, 0.717) is 17.1 Å². The number of nitrogens with one attached hydrogen (secondary N) is 4. The van der Waals surface area contributed by atoms with Crippen molar-refractivity contribution in [3.63, 3.8) is 0 Å². The van der Waals surface area contributed by atoms with Gasteiger partial charge in [0.1, 0.15) is 6.04 Å². The molecule has 0 saturated heterocycles. The molecule has 1 atom stereocenters. The minimum absolute atomic E-state index is 0.0341. The zero-order valence-corrected chi connectivity index (χ0v) is 17.6. The molecular formula is C20H22ClN5O3S. The Balaban J connectivity index is 1.90. The van der Waals surface area contributed by atoms with Crippen LogP contribution in [0.15, 0.2) is 54.6 Å². The van der Waals surface area contributed by atoms with Crippen LogP contribution in [0.1, 0.15) is 28.8 Å². The quantitative estimate of drug-likeness (QED) is 0.307. The van der Waals surface area contributed by atoms with Gasteiger partial charge in [-0.25, -0.2) is 0 Å². The monoisotopic (exact) mass is 447 g/mol. The Morgan fingerprint density at radius 1 is 1.00 bits per heavy atom. The first-order valence-electron chi connectivity index (χ1n) is 9.07. The number of primary amides is 1. The molecule has 0 fully saturated rings. The summed E-state index contributed by atoms with van der Waals surface area (Å²) in [4.78, 5) is 36.0. The highest BCUT2D eigenvalue weighted by Crippen LogP contribution is 2.10.